The number of nitrogens with zero attached hydrogens (tertiary/aromatic N) is 3. The van der Waals surface area contributed by atoms with Crippen LogP contribution in [0.4, 0.5) is 0 Å². The summed E-state index contributed by atoms with van der Waals surface area (Å²) >= 11 is 0. The Morgan fingerprint density at radius 2 is 1.47 bits per heavy atom. The van der Waals surface area contributed by atoms with Crippen LogP contribution in [0.2, 0.25) is 0 Å². The molecule has 2 fully saturated rings. The van der Waals surface area contributed by atoms with E-state index in [9.17, 15) is 0 Å². The molecule has 3 nitrogen and oxygen atoms in total. The van der Waals surface area contributed by atoms with E-state index >= 15 is 0 Å². The zero-order chi connectivity index (χ0) is 14.5. The van der Waals surface area contributed by atoms with Crippen LogP contribution in [0.3, 0.4) is 0 Å². The molecule has 114 valence electrons. The summed E-state index contributed by atoms with van der Waals surface area (Å²) in [5.41, 5.74) is 0.379. The Balaban J connectivity index is 0.000000861. The zero-order valence-electron chi connectivity index (χ0n) is 14.1. The van der Waals surface area contributed by atoms with Gasteiger partial charge in [-0.2, -0.15) is 0 Å². The first-order valence-electron chi connectivity index (χ1n) is 8.11. The van der Waals surface area contributed by atoms with E-state index in [2.05, 4.69) is 42.5 Å². The maximum atomic E-state index is 2.64. The molecule has 3 heteroatoms. The third-order valence-electron chi connectivity index (χ3n) is 4.36. The molecule has 0 saturated carbocycles. The topological polar surface area (TPSA) is 9.72 Å². The minimum absolute atomic E-state index is 0.379. The fourth-order valence-electron chi connectivity index (χ4n) is 2.74. The highest BCUT2D eigenvalue weighted by atomic mass is 15.3. The molecule has 2 heterocycles. The summed E-state index contributed by atoms with van der Waals surface area (Å²) in [6, 6.07) is 0. The van der Waals surface area contributed by atoms with Crippen LogP contribution in [0.25, 0.3) is 0 Å². The van der Waals surface area contributed by atoms with Gasteiger partial charge in [-0.25, -0.2) is 0 Å². The van der Waals surface area contributed by atoms with Crippen LogP contribution in [-0.4, -0.2) is 73.1 Å². The van der Waals surface area contributed by atoms with Crippen molar-refractivity contribution in [2.24, 2.45) is 5.92 Å². The van der Waals surface area contributed by atoms with E-state index in [4.69, 9.17) is 0 Å². The quantitative estimate of drug-likeness (QED) is 0.779. The average molecular weight is 269 g/mol. The summed E-state index contributed by atoms with van der Waals surface area (Å²) in [6.45, 7) is 20.0. The zero-order valence-corrected chi connectivity index (χ0v) is 14.1. The van der Waals surface area contributed by atoms with Gasteiger partial charge in [-0.05, 0) is 46.7 Å². The van der Waals surface area contributed by atoms with E-state index in [0.29, 0.717) is 5.54 Å². The van der Waals surface area contributed by atoms with E-state index in [1.165, 1.54) is 52.2 Å². The fraction of sp³-hybridized carbons (Fsp3) is 1.00. The molecule has 2 aliphatic rings. The summed E-state index contributed by atoms with van der Waals surface area (Å²) in [5.74, 6) is 0.953. The van der Waals surface area contributed by atoms with E-state index in [1.807, 2.05) is 13.8 Å². The highest BCUT2D eigenvalue weighted by molar-refractivity contribution is 4.89. The highest BCUT2D eigenvalue weighted by Crippen LogP contribution is 2.27. The van der Waals surface area contributed by atoms with Crippen molar-refractivity contribution in [1.29, 1.82) is 0 Å². The van der Waals surface area contributed by atoms with Gasteiger partial charge in [0.05, 0.1) is 0 Å². The highest BCUT2D eigenvalue weighted by Gasteiger charge is 2.34. The van der Waals surface area contributed by atoms with Crippen molar-refractivity contribution in [3.05, 3.63) is 0 Å². The predicted octanol–water partition coefficient (Wildman–Crippen LogP) is 2.38. The Kier molecular flexibility index (Phi) is 6.78. The van der Waals surface area contributed by atoms with Gasteiger partial charge in [0.15, 0.2) is 0 Å². The summed E-state index contributed by atoms with van der Waals surface area (Å²) in [5, 5.41) is 0. The molecule has 19 heavy (non-hydrogen) atoms. The molecule has 2 saturated heterocycles. The molecular formula is C16H35N3. The lowest BCUT2D eigenvalue weighted by atomic mass is 9.90. The predicted molar refractivity (Wildman–Crippen MR) is 84.7 cm³/mol. The van der Waals surface area contributed by atoms with Crippen LogP contribution < -0.4 is 0 Å². The van der Waals surface area contributed by atoms with E-state index in [0.717, 1.165) is 5.92 Å². The van der Waals surface area contributed by atoms with Gasteiger partial charge in [0, 0.05) is 44.8 Å². The standard InChI is InChI=1S/C14H29N3.C2H6/c1-14(2,3)17-11-13(12-17)5-6-16-9-7-15(4)8-10-16;1-2/h13H,5-12H2,1-4H3;1-2H3. The van der Waals surface area contributed by atoms with E-state index < -0.39 is 0 Å². The Morgan fingerprint density at radius 1 is 0.947 bits per heavy atom. The maximum absolute atomic E-state index is 2.64. The van der Waals surface area contributed by atoms with Gasteiger partial charge in [0.25, 0.3) is 0 Å². The first kappa shape index (κ1) is 16.9. The minimum atomic E-state index is 0.379. The minimum Gasteiger partial charge on any atom is -0.304 e. The second-order valence-electron chi connectivity index (χ2n) is 6.88. The molecule has 0 amide bonds. The van der Waals surface area contributed by atoms with Crippen molar-refractivity contribution in [3.63, 3.8) is 0 Å². The van der Waals surface area contributed by atoms with Gasteiger partial charge >= 0.3 is 0 Å². The summed E-state index contributed by atoms with van der Waals surface area (Å²) < 4.78 is 0. The van der Waals surface area contributed by atoms with Gasteiger partial charge in [-0.15, -0.1) is 0 Å². The van der Waals surface area contributed by atoms with Crippen LogP contribution in [0.15, 0.2) is 0 Å². The number of piperazine rings is 1. The van der Waals surface area contributed by atoms with Crippen LogP contribution in [0, 0.1) is 5.92 Å². The normalized spacial score (nSPS) is 23.7. The van der Waals surface area contributed by atoms with E-state index in [1.54, 1.807) is 0 Å². The van der Waals surface area contributed by atoms with Gasteiger partial charge in [0.2, 0.25) is 0 Å². The second kappa shape index (κ2) is 7.61. The smallest absolute Gasteiger partial charge is 0.0125 e. The number of rotatable bonds is 3. The molecule has 0 aliphatic carbocycles. The van der Waals surface area contributed by atoms with Gasteiger partial charge < -0.3 is 9.80 Å². The Morgan fingerprint density at radius 3 is 1.95 bits per heavy atom. The van der Waals surface area contributed by atoms with Crippen molar-refractivity contribution in [3.8, 4) is 0 Å². The summed E-state index contributed by atoms with van der Waals surface area (Å²) in [4.78, 5) is 7.67. The largest absolute Gasteiger partial charge is 0.304 e. The molecule has 2 aliphatic heterocycles. The lowest BCUT2D eigenvalue weighted by Crippen LogP contribution is -2.56. The number of likely N-dealkylation sites (N-methyl/N-ethyl adjacent to an activating group) is 1. The van der Waals surface area contributed by atoms with Crippen molar-refractivity contribution < 1.29 is 0 Å². The Hall–Kier alpha value is -0.120. The average Bonchev–Trinajstić information content (AvgIpc) is 2.30. The van der Waals surface area contributed by atoms with Crippen LogP contribution >= 0.6 is 0 Å². The monoisotopic (exact) mass is 269 g/mol. The summed E-state index contributed by atoms with van der Waals surface area (Å²) in [7, 11) is 2.23. The Bertz CT molecular complexity index is 233. The van der Waals surface area contributed by atoms with Gasteiger partial charge in [0.1, 0.15) is 0 Å². The third-order valence-corrected chi connectivity index (χ3v) is 4.36. The van der Waals surface area contributed by atoms with E-state index in [-0.39, 0.29) is 0 Å². The molecule has 0 atom stereocenters. The van der Waals surface area contributed by atoms with Crippen molar-refractivity contribution in [2.75, 3.05) is 52.9 Å². The van der Waals surface area contributed by atoms with Gasteiger partial charge in [-0.3, -0.25) is 4.90 Å². The first-order chi connectivity index (χ1) is 8.95. The number of hydrogen-bond acceptors (Lipinski definition) is 3. The molecule has 0 radical (unpaired) electrons. The van der Waals surface area contributed by atoms with Crippen molar-refractivity contribution >= 4 is 0 Å². The molecule has 2 rings (SSSR count). The molecule has 0 bridgehead atoms. The van der Waals surface area contributed by atoms with Crippen molar-refractivity contribution in [1.82, 2.24) is 14.7 Å². The molecule has 0 aromatic rings. The van der Waals surface area contributed by atoms with Crippen molar-refractivity contribution in [2.45, 2.75) is 46.6 Å². The number of hydrogen-bond donors (Lipinski definition) is 0. The molecule has 0 spiro atoms. The van der Waals surface area contributed by atoms with Crippen LogP contribution in [0.5, 0.6) is 0 Å². The molecule has 0 unspecified atom stereocenters. The Labute approximate surface area is 120 Å². The van der Waals surface area contributed by atoms with Crippen LogP contribution in [-0.2, 0) is 0 Å². The molecule has 0 N–H and O–H groups in total. The van der Waals surface area contributed by atoms with Crippen LogP contribution in [0.1, 0.15) is 41.0 Å². The number of likely N-dealkylation sites (tertiary alicyclic amines) is 1. The molecule has 0 aromatic carbocycles. The third kappa shape index (κ3) is 5.41. The lowest BCUT2D eigenvalue weighted by Gasteiger charge is -2.48. The maximum Gasteiger partial charge on any atom is 0.0125 e. The SMILES string of the molecule is CC.CN1CCN(CCC2CN(C(C)(C)C)C2)CC1. The second-order valence-corrected chi connectivity index (χ2v) is 6.88. The molecular weight excluding hydrogens is 234 g/mol. The molecule has 0 aromatic heterocycles. The lowest BCUT2D eigenvalue weighted by molar-refractivity contribution is 0.00469. The van der Waals surface area contributed by atoms with Gasteiger partial charge in [-0.1, -0.05) is 13.8 Å². The summed E-state index contributed by atoms with van der Waals surface area (Å²) in [6.07, 6.45) is 1.40. The first-order valence-corrected chi connectivity index (χ1v) is 8.11. The fourth-order valence-corrected chi connectivity index (χ4v) is 2.74.